The van der Waals surface area contributed by atoms with Crippen molar-refractivity contribution in [2.24, 2.45) is 11.1 Å². The first-order valence-electron chi connectivity index (χ1n) is 6.70. The third kappa shape index (κ3) is 2.73. The van der Waals surface area contributed by atoms with Crippen LogP contribution in [0.2, 0.25) is 0 Å². The molecule has 0 aromatic rings. The summed E-state index contributed by atoms with van der Waals surface area (Å²) in [5.74, 6) is 0. The standard InChI is InChI=1S/C13H26N2/c1-13(9-5-8-12(13)14)10-15-11-6-3-2-4-7-11/h11-12,15H,2-10,14H2,1H3. The van der Waals surface area contributed by atoms with Gasteiger partial charge in [-0.3, -0.25) is 0 Å². The highest BCUT2D eigenvalue weighted by atomic mass is 14.9. The topological polar surface area (TPSA) is 38.0 Å². The summed E-state index contributed by atoms with van der Waals surface area (Å²) in [5, 5.41) is 3.75. The van der Waals surface area contributed by atoms with E-state index in [0.717, 1.165) is 12.6 Å². The molecule has 0 aromatic heterocycles. The van der Waals surface area contributed by atoms with Crippen LogP contribution in [0, 0.1) is 5.41 Å². The van der Waals surface area contributed by atoms with Gasteiger partial charge in [0.1, 0.15) is 0 Å². The van der Waals surface area contributed by atoms with E-state index >= 15 is 0 Å². The second-order valence-corrected chi connectivity index (χ2v) is 5.87. The van der Waals surface area contributed by atoms with E-state index in [2.05, 4.69) is 12.2 Å². The quantitative estimate of drug-likeness (QED) is 0.751. The van der Waals surface area contributed by atoms with Gasteiger partial charge in [-0.25, -0.2) is 0 Å². The Kier molecular flexibility index (Phi) is 3.68. The molecule has 88 valence electrons. The van der Waals surface area contributed by atoms with Gasteiger partial charge in [0.2, 0.25) is 0 Å². The maximum atomic E-state index is 6.19. The van der Waals surface area contributed by atoms with Crippen molar-refractivity contribution >= 4 is 0 Å². The number of hydrogen-bond donors (Lipinski definition) is 2. The first-order chi connectivity index (χ1) is 7.21. The zero-order valence-electron chi connectivity index (χ0n) is 10.1. The summed E-state index contributed by atoms with van der Waals surface area (Å²) in [6, 6.07) is 1.21. The van der Waals surface area contributed by atoms with E-state index in [0.29, 0.717) is 11.5 Å². The van der Waals surface area contributed by atoms with E-state index in [1.54, 1.807) is 0 Å². The predicted octanol–water partition coefficient (Wildman–Crippen LogP) is 2.43. The summed E-state index contributed by atoms with van der Waals surface area (Å²) >= 11 is 0. The lowest BCUT2D eigenvalue weighted by atomic mass is 9.84. The second kappa shape index (κ2) is 4.84. The van der Waals surface area contributed by atoms with Crippen LogP contribution in [-0.2, 0) is 0 Å². The van der Waals surface area contributed by atoms with E-state index in [9.17, 15) is 0 Å². The SMILES string of the molecule is CC1(CNC2CCCCC2)CCCC1N. The summed E-state index contributed by atoms with van der Waals surface area (Å²) in [6.45, 7) is 3.50. The Morgan fingerprint density at radius 2 is 1.87 bits per heavy atom. The minimum absolute atomic E-state index is 0.372. The summed E-state index contributed by atoms with van der Waals surface area (Å²) in [5.41, 5.74) is 6.56. The largest absolute Gasteiger partial charge is 0.327 e. The fourth-order valence-electron chi connectivity index (χ4n) is 3.16. The van der Waals surface area contributed by atoms with Crippen LogP contribution in [0.5, 0.6) is 0 Å². The third-order valence-corrected chi connectivity index (χ3v) is 4.56. The number of hydrogen-bond acceptors (Lipinski definition) is 2. The molecule has 2 heteroatoms. The normalized spacial score (nSPS) is 38.4. The van der Waals surface area contributed by atoms with E-state index in [4.69, 9.17) is 5.73 Å². The molecule has 2 aliphatic carbocycles. The highest BCUT2D eigenvalue weighted by molar-refractivity contribution is 4.93. The van der Waals surface area contributed by atoms with Crippen LogP contribution in [-0.4, -0.2) is 18.6 Å². The van der Waals surface area contributed by atoms with Crippen LogP contribution in [0.15, 0.2) is 0 Å². The smallest absolute Gasteiger partial charge is 0.0105 e. The van der Waals surface area contributed by atoms with Crippen LogP contribution in [0.3, 0.4) is 0 Å². The molecule has 0 aliphatic heterocycles. The van der Waals surface area contributed by atoms with Gasteiger partial charge in [0.05, 0.1) is 0 Å². The molecule has 0 radical (unpaired) electrons. The first-order valence-corrected chi connectivity index (χ1v) is 6.70. The molecular formula is C13H26N2. The van der Waals surface area contributed by atoms with Gasteiger partial charge in [-0.1, -0.05) is 32.6 Å². The maximum Gasteiger partial charge on any atom is 0.0105 e. The lowest BCUT2D eigenvalue weighted by Crippen LogP contribution is -2.45. The third-order valence-electron chi connectivity index (χ3n) is 4.56. The maximum absolute atomic E-state index is 6.19. The van der Waals surface area contributed by atoms with Crippen molar-refractivity contribution in [2.45, 2.75) is 70.4 Å². The molecule has 2 rings (SSSR count). The minimum Gasteiger partial charge on any atom is -0.327 e. The van der Waals surface area contributed by atoms with Crippen LogP contribution >= 0.6 is 0 Å². The lowest BCUT2D eigenvalue weighted by Gasteiger charge is -2.33. The molecule has 3 N–H and O–H groups in total. The highest BCUT2D eigenvalue weighted by Gasteiger charge is 2.36. The molecule has 2 nitrogen and oxygen atoms in total. The molecule has 0 saturated heterocycles. The van der Waals surface area contributed by atoms with Crippen molar-refractivity contribution in [1.82, 2.24) is 5.32 Å². The second-order valence-electron chi connectivity index (χ2n) is 5.87. The molecule has 15 heavy (non-hydrogen) atoms. The summed E-state index contributed by atoms with van der Waals surface area (Å²) < 4.78 is 0. The van der Waals surface area contributed by atoms with Crippen molar-refractivity contribution in [1.29, 1.82) is 0 Å². The molecule has 2 atom stereocenters. The number of rotatable bonds is 3. The van der Waals surface area contributed by atoms with Gasteiger partial charge in [0.15, 0.2) is 0 Å². The van der Waals surface area contributed by atoms with Crippen molar-refractivity contribution in [3.05, 3.63) is 0 Å². The summed E-state index contributed by atoms with van der Waals surface area (Å²) in [4.78, 5) is 0. The van der Waals surface area contributed by atoms with Crippen LogP contribution < -0.4 is 11.1 Å². The molecule has 0 amide bonds. The molecule has 0 aromatic carbocycles. The van der Waals surface area contributed by atoms with Crippen molar-refractivity contribution in [3.8, 4) is 0 Å². The van der Waals surface area contributed by atoms with Crippen molar-refractivity contribution < 1.29 is 0 Å². The minimum atomic E-state index is 0.372. The monoisotopic (exact) mass is 210 g/mol. The zero-order chi connectivity index (χ0) is 10.7. The first kappa shape index (κ1) is 11.4. The average molecular weight is 210 g/mol. The number of nitrogens with one attached hydrogen (secondary N) is 1. The molecule has 2 saturated carbocycles. The van der Waals surface area contributed by atoms with Crippen LogP contribution in [0.4, 0.5) is 0 Å². The van der Waals surface area contributed by atoms with Gasteiger partial charge >= 0.3 is 0 Å². The van der Waals surface area contributed by atoms with Gasteiger partial charge in [-0.05, 0) is 31.1 Å². The van der Waals surface area contributed by atoms with Crippen LogP contribution in [0.25, 0.3) is 0 Å². The Morgan fingerprint density at radius 1 is 1.13 bits per heavy atom. The molecule has 0 spiro atoms. The molecule has 2 fully saturated rings. The Balaban J connectivity index is 1.76. The van der Waals surface area contributed by atoms with E-state index in [-0.39, 0.29) is 0 Å². The Bertz CT molecular complexity index is 199. The van der Waals surface area contributed by atoms with Crippen molar-refractivity contribution in [3.63, 3.8) is 0 Å². The number of nitrogens with two attached hydrogens (primary N) is 1. The van der Waals surface area contributed by atoms with E-state index in [1.165, 1.54) is 51.4 Å². The molecule has 2 aliphatic rings. The van der Waals surface area contributed by atoms with Gasteiger partial charge in [-0.15, -0.1) is 0 Å². The summed E-state index contributed by atoms with van der Waals surface area (Å²) in [7, 11) is 0. The van der Waals surface area contributed by atoms with E-state index in [1.807, 2.05) is 0 Å². The predicted molar refractivity (Wildman–Crippen MR) is 64.8 cm³/mol. The average Bonchev–Trinajstić information content (AvgIpc) is 2.59. The Labute approximate surface area is 94.0 Å². The lowest BCUT2D eigenvalue weighted by molar-refractivity contribution is 0.247. The Morgan fingerprint density at radius 3 is 2.47 bits per heavy atom. The molecule has 0 heterocycles. The summed E-state index contributed by atoms with van der Waals surface area (Å²) in [6.07, 6.45) is 10.9. The Hall–Kier alpha value is -0.0800. The van der Waals surface area contributed by atoms with Gasteiger partial charge in [-0.2, -0.15) is 0 Å². The highest BCUT2D eigenvalue weighted by Crippen LogP contribution is 2.36. The fourth-order valence-corrected chi connectivity index (χ4v) is 3.16. The van der Waals surface area contributed by atoms with Crippen LogP contribution in [0.1, 0.15) is 58.3 Å². The molecular weight excluding hydrogens is 184 g/mol. The van der Waals surface area contributed by atoms with Gasteiger partial charge in [0.25, 0.3) is 0 Å². The van der Waals surface area contributed by atoms with Gasteiger partial charge < -0.3 is 11.1 Å². The zero-order valence-corrected chi connectivity index (χ0v) is 10.1. The molecule has 2 unspecified atom stereocenters. The van der Waals surface area contributed by atoms with Gasteiger partial charge in [0, 0.05) is 18.6 Å². The van der Waals surface area contributed by atoms with Crippen molar-refractivity contribution in [2.75, 3.05) is 6.54 Å². The molecule has 0 bridgehead atoms. The fraction of sp³-hybridized carbons (Fsp3) is 1.00. The van der Waals surface area contributed by atoms with E-state index < -0.39 is 0 Å².